The van der Waals surface area contributed by atoms with Gasteiger partial charge in [-0.3, -0.25) is 0 Å². The van der Waals surface area contributed by atoms with Crippen molar-refractivity contribution in [3.8, 4) is 0 Å². The Balaban J connectivity index is 0.000000209. The number of carbonyl (C=O) groups excluding carboxylic acids is 1. The van der Waals surface area contributed by atoms with Crippen LogP contribution in [0.4, 0.5) is 0 Å². The average molecular weight is 232 g/mol. The first-order valence-corrected chi connectivity index (χ1v) is 6.00. The van der Waals surface area contributed by atoms with Crippen LogP contribution in [0.3, 0.4) is 0 Å². The molecule has 1 aromatic carbocycles. The molecule has 2 rings (SSSR count). The van der Waals surface area contributed by atoms with Gasteiger partial charge in [0.05, 0.1) is 7.11 Å². The van der Waals surface area contributed by atoms with Crippen LogP contribution in [0, 0.1) is 5.92 Å². The molecule has 0 atom stereocenters. The highest BCUT2D eigenvalue weighted by molar-refractivity contribution is 5.80. The normalized spacial score (nSPS) is 13.9. The molecule has 1 aliphatic rings. The van der Waals surface area contributed by atoms with Crippen LogP contribution < -0.4 is 0 Å². The lowest BCUT2D eigenvalue weighted by molar-refractivity contribution is -0.134. The van der Waals surface area contributed by atoms with E-state index >= 15 is 0 Å². The minimum Gasteiger partial charge on any atom is -0.466 e. The van der Waals surface area contributed by atoms with E-state index in [1.165, 1.54) is 38.4 Å². The molecule has 0 heterocycles. The van der Waals surface area contributed by atoms with Gasteiger partial charge in [-0.15, -0.1) is 0 Å². The first-order chi connectivity index (χ1) is 8.26. The highest BCUT2D eigenvalue weighted by Crippen LogP contribution is 2.29. The van der Waals surface area contributed by atoms with E-state index in [1.54, 1.807) is 0 Å². The van der Waals surface area contributed by atoms with Gasteiger partial charge in [-0.2, -0.15) is 0 Å². The summed E-state index contributed by atoms with van der Waals surface area (Å²) in [4.78, 5) is 9.84. The molecule has 0 saturated heterocycles. The fourth-order valence-electron chi connectivity index (χ4n) is 1.73. The molecular weight excluding hydrogens is 212 g/mol. The van der Waals surface area contributed by atoms with Gasteiger partial charge < -0.3 is 4.74 Å². The summed E-state index contributed by atoms with van der Waals surface area (Å²) in [5.41, 5.74) is 1.51. The Hall–Kier alpha value is -1.57. The quantitative estimate of drug-likeness (QED) is 0.590. The molecule has 92 valence electrons. The predicted octanol–water partition coefficient (Wildman–Crippen LogP) is 3.37. The van der Waals surface area contributed by atoms with E-state index in [0.717, 1.165) is 12.0 Å². The number of methoxy groups -OCH3 is 1. The van der Waals surface area contributed by atoms with Crippen molar-refractivity contribution in [3.63, 3.8) is 0 Å². The van der Waals surface area contributed by atoms with Crippen molar-refractivity contribution in [2.24, 2.45) is 5.92 Å². The summed E-state index contributed by atoms with van der Waals surface area (Å²) in [7, 11) is 1.31. The third-order valence-corrected chi connectivity index (χ3v) is 2.96. The maximum Gasteiger partial charge on any atom is 0.329 e. The van der Waals surface area contributed by atoms with E-state index in [4.69, 9.17) is 0 Å². The Kier molecular flexibility index (Phi) is 6.08. The third kappa shape index (κ3) is 5.34. The first kappa shape index (κ1) is 13.5. The van der Waals surface area contributed by atoms with Gasteiger partial charge in [0.1, 0.15) is 0 Å². The molecule has 1 saturated carbocycles. The van der Waals surface area contributed by atoms with Crippen molar-refractivity contribution >= 4 is 5.97 Å². The zero-order chi connectivity index (χ0) is 12.5. The third-order valence-electron chi connectivity index (χ3n) is 2.96. The van der Waals surface area contributed by atoms with Crippen molar-refractivity contribution in [1.82, 2.24) is 0 Å². The van der Waals surface area contributed by atoms with E-state index < -0.39 is 5.97 Å². The van der Waals surface area contributed by atoms with E-state index in [9.17, 15) is 4.79 Å². The molecule has 0 N–H and O–H groups in total. The molecule has 1 aromatic rings. The molecule has 17 heavy (non-hydrogen) atoms. The van der Waals surface area contributed by atoms with Crippen LogP contribution in [0.2, 0.25) is 0 Å². The van der Waals surface area contributed by atoms with E-state index in [2.05, 4.69) is 41.6 Å². The molecular formula is C15H20O2. The Morgan fingerprint density at radius 2 is 2.06 bits per heavy atom. The summed E-state index contributed by atoms with van der Waals surface area (Å²) in [6, 6.07) is 10.8. The fourth-order valence-corrected chi connectivity index (χ4v) is 1.73. The van der Waals surface area contributed by atoms with Crippen LogP contribution in [-0.2, 0) is 16.0 Å². The topological polar surface area (TPSA) is 26.3 Å². The SMILES string of the molecule is C=CC(=O)OC.c1ccc(CC2CCC2)cc1. The molecule has 0 radical (unpaired) electrons. The average Bonchev–Trinajstić information content (AvgIpc) is 2.35. The van der Waals surface area contributed by atoms with Crippen molar-refractivity contribution < 1.29 is 9.53 Å². The molecule has 1 fully saturated rings. The van der Waals surface area contributed by atoms with Crippen LogP contribution >= 0.6 is 0 Å². The summed E-state index contributed by atoms with van der Waals surface area (Å²) in [6.45, 7) is 3.16. The van der Waals surface area contributed by atoms with Crippen molar-refractivity contribution in [1.29, 1.82) is 0 Å². The molecule has 0 aromatic heterocycles. The van der Waals surface area contributed by atoms with Crippen molar-refractivity contribution in [2.45, 2.75) is 25.7 Å². The number of rotatable bonds is 3. The number of hydrogen-bond acceptors (Lipinski definition) is 2. The lowest BCUT2D eigenvalue weighted by atomic mass is 9.81. The summed E-state index contributed by atoms with van der Waals surface area (Å²) in [6.07, 6.45) is 6.78. The second kappa shape index (κ2) is 7.66. The van der Waals surface area contributed by atoms with Crippen molar-refractivity contribution in [3.05, 3.63) is 48.6 Å². The molecule has 1 aliphatic carbocycles. The van der Waals surface area contributed by atoms with E-state index in [0.29, 0.717) is 0 Å². The molecule has 0 unspecified atom stereocenters. The van der Waals surface area contributed by atoms with Crippen LogP contribution in [0.25, 0.3) is 0 Å². The first-order valence-electron chi connectivity index (χ1n) is 6.00. The molecule has 0 aliphatic heterocycles. The number of esters is 1. The summed E-state index contributed by atoms with van der Waals surface area (Å²) >= 11 is 0. The lowest BCUT2D eigenvalue weighted by Crippen LogP contribution is -2.13. The maximum absolute atomic E-state index is 9.84. The van der Waals surface area contributed by atoms with Gasteiger partial charge in [-0.05, 0) is 17.9 Å². The number of carbonyl (C=O) groups is 1. The van der Waals surface area contributed by atoms with Crippen LogP contribution in [0.5, 0.6) is 0 Å². The minimum atomic E-state index is -0.394. The zero-order valence-corrected chi connectivity index (χ0v) is 10.4. The van der Waals surface area contributed by atoms with Gasteiger partial charge >= 0.3 is 5.97 Å². The zero-order valence-electron chi connectivity index (χ0n) is 10.4. The highest BCUT2D eigenvalue weighted by atomic mass is 16.5. The lowest BCUT2D eigenvalue weighted by Gasteiger charge is -2.25. The minimum absolute atomic E-state index is 0.394. The maximum atomic E-state index is 9.84. The van der Waals surface area contributed by atoms with Gasteiger partial charge in [0.25, 0.3) is 0 Å². The van der Waals surface area contributed by atoms with Crippen LogP contribution in [0.15, 0.2) is 43.0 Å². The largest absolute Gasteiger partial charge is 0.466 e. The van der Waals surface area contributed by atoms with Crippen LogP contribution in [0.1, 0.15) is 24.8 Å². The second-order valence-electron chi connectivity index (χ2n) is 4.21. The highest BCUT2D eigenvalue weighted by Gasteiger charge is 2.16. The van der Waals surface area contributed by atoms with Gasteiger partial charge in [-0.1, -0.05) is 56.2 Å². The van der Waals surface area contributed by atoms with Crippen molar-refractivity contribution in [2.75, 3.05) is 7.11 Å². The Labute approximate surface area is 103 Å². The summed E-state index contributed by atoms with van der Waals surface area (Å²) in [5, 5.41) is 0. The molecule has 0 amide bonds. The fraction of sp³-hybridized carbons (Fsp3) is 0.400. The molecule has 2 nitrogen and oxygen atoms in total. The Morgan fingerprint density at radius 1 is 1.41 bits per heavy atom. The van der Waals surface area contributed by atoms with E-state index in [-0.39, 0.29) is 0 Å². The second-order valence-corrected chi connectivity index (χ2v) is 4.21. The summed E-state index contributed by atoms with van der Waals surface area (Å²) in [5.74, 6) is 0.604. The monoisotopic (exact) mass is 232 g/mol. The molecule has 0 bridgehead atoms. The molecule has 2 heteroatoms. The summed E-state index contributed by atoms with van der Waals surface area (Å²) < 4.78 is 4.14. The Bertz CT molecular complexity index is 339. The van der Waals surface area contributed by atoms with Gasteiger partial charge in [0.15, 0.2) is 0 Å². The van der Waals surface area contributed by atoms with Gasteiger partial charge in [-0.25, -0.2) is 4.79 Å². The number of benzene rings is 1. The van der Waals surface area contributed by atoms with Gasteiger partial charge in [0.2, 0.25) is 0 Å². The van der Waals surface area contributed by atoms with Gasteiger partial charge in [0, 0.05) is 6.08 Å². The standard InChI is InChI=1S/C11H14.C4H6O2/c1-2-5-10(6-3-1)9-11-7-4-8-11;1-3-4(5)6-2/h1-3,5-6,11H,4,7-9H2;3H,1H2,2H3. The smallest absolute Gasteiger partial charge is 0.329 e. The number of ether oxygens (including phenoxy) is 1. The number of hydrogen-bond donors (Lipinski definition) is 0. The Morgan fingerprint density at radius 3 is 2.41 bits per heavy atom. The predicted molar refractivity (Wildman–Crippen MR) is 69.7 cm³/mol. The van der Waals surface area contributed by atoms with E-state index in [1.807, 2.05) is 0 Å². The molecule has 0 spiro atoms. The van der Waals surface area contributed by atoms with Crippen LogP contribution in [-0.4, -0.2) is 13.1 Å².